The number of hydrogen-bond donors (Lipinski definition) is 1. The average Bonchev–Trinajstić information content (AvgIpc) is 2.11. The highest BCUT2D eigenvalue weighted by molar-refractivity contribution is 5.00. The van der Waals surface area contributed by atoms with Crippen molar-refractivity contribution >= 4 is 0 Å². The molecule has 0 fully saturated rings. The van der Waals surface area contributed by atoms with Crippen LogP contribution in [-0.4, -0.2) is 25.1 Å². The summed E-state index contributed by atoms with van der Waals surface area (Å²) in [6, 6.07) is 0. The van der Waals surface area contributed by atoms with E-state index in [0.29, 0.717) is 0 Å². The predicted octanol–water partition coefficient (Wildman–Crippen LogP) is 2.36. The Balaban J connectivity index is 3.24. The molecule has 2 heteroatoms. The van der Waals surface area contributed by atoms with Crippen molar-refractivity contribution in [2.24, 2.45) is 0 Å². The van der Waals surface area contributed by atoms with Crippen LogP contribution in [0.2, 0.25) is 0 Å². The fraction of sp³-hybridized carbons (Fsp3) is 0.636. The van der Waals surface area contributed by atoms with Crippen molar-refractivity contribution in [3.8, 4) is 0 Å². The summed E-state index contributed by atoms with van der Waals surface area (Å²) in [5, 5.41) is 2.14. The van der Waals surface area contributed by atoms with Crippen molar-refractivity contribution in [2.75, 3.05) is 20.1 Å². The lowest BCUT2D eigenvalue weighted by molar-refractivity contribution is 0.239. The minimum Gasteiger partial charge on any atom is -0.256 e. The molecule has 0 rings (SSSR count). The normalized spacial score (nSPS) is 12.3. The van der Waals surface area contributed by atoms with Gasteiger partial charge in [0, 0.05) is 20.1 Å². The SMILES string of the molecule is CC=CC=CCCCN(C)NCC. The second-order valence-corrected chi connectivity index (χ2v) is 3.03. The van der Waals surface area contributed by atoms with Gasteiger partial charge < -0.3 is 0 Å². The number of allylic oxidation sites excluding steroid dienone is 4. The Labute approximate surface area is 82.3 Å². The van der Waals surface area contributed by atoms with Gasteiger partial charge >= 0.3 is 0 Å². The molecule has 0 unspecified atom stereocenters. The van der Waals surface area contributed by atoms with E-state index in [-0.39, 0.29) is 0 Å². The zero-order valence-electron chi connectivity index (χ0n) is 9.09. The Morgan fingerprint density at radius 3 is 2.69 bits per heavy atom. The van der Waals surface area contributed by atoms with Gasteiger partial charge in [-0.1, -0.05) is 31.2 Å². The van der Waals surface area contributed by atoms with E-state index < -0.39 is 0 Å². The molecule has 0 saturated carbocycles. The van der Waals surface area contributed by atoms with Gasteiger partial charge in [-0.2, -0.15) is 0 Å². The lowest BCUT2D eigenvalue weighted by atomic mass is 10.3. The molecule has 0 aromatic carbocycles. The van der Waals surface area contributed by atoms with Gasteiger partial charge in [0.25, 0.3) is 0 Å². The molecule has 0 amide bonds. The first-order valence-electron chi connectivity index (χ1n) is 5.03. The maximum Gasteiger partial charge on any atom is 0.0130 e. The summed E-state index contributed by atoms with van der Waals surface area (Å²) < 4.78 is 0. The summed E-state index contributed by atoms with van der Waals surface area (Å²) in [4.78, 5) is 0. The Bertz CT molecular complexity index is 150. The fourth-order valence-corrected chi connectivity index (χ4v) is 1.08. The zero-order chi connectivity index (χ0) is 9.94. The van der Waals surface area contributed by atoms with Crippen LogP contribution in [0.3, 0.4) is 0 Å². The monoisotopic (exact) mass is 182 g/mol. The largest absolute Gasteiger partial charge is 0.256 e. The lowest BCUT2D eigenvalue weighted by Gasteiger charge is -2.15. The van der Waals surface area contributed by atoms with E-state index in [9.17, 15) is 0 Å². The van der Waals surface area contributed by atoms with E-state index in [2.05, 4.69) is 42.6 Å². The van der Waals surface area contributed by atoms with Gasteiger partial charge in [-0.05, 0) is 19.8 Å². The molecule has 0 aliphatic rings. The van der Waals surface area contributed by atoms with Crippen molar-refractivity contribution in [1.29, 1.82) is 0 Å². The molecule has 0 heterocycles. The Morgan fingerprint density at radius 1 is 1.31 bits per heavy atom. The molecular weight excluding hydrogens is 160 g/mol. The third-order valence-electron chi connectivity index (χ3n) is 1.73. The lowest BCUT2D eigenvalue weighted by Crippen LogP contribution is -2.34. The summed E-state index contributed by atoms with van der Waals surface area (Å²) in [6.45, 7) is 6.25. The van der Waals surface area contributed by atoms with Crippen molar-refractivity contribution in [3.63, 3.8) is 0 Å². The van der Waals surface area contributed by atoms with Crippen LogP contribution in [0.5, 0.6) is 0 Å². The van der Waals surface area contributed by atoms with Gasteiger partial charge in [0.2, 0.25) is 0 Å². The van der Waals surface area contributed by atoms with Crippen LogP contribution in [0, 0.1) is 0 Å². The third kappa shape index (κ3) is 9.31. The molecular formula is C11H22N2. The first-order valence-corrected chi connectivity index (χ1v) is 5.03. The summed E-state index contributed by atoms with van der Waals surface area (Å²) in [5.41, 5.74) is 3.24. The third-order valence-corrected chi connectivity index (χ3v) is 1.73. The number of hydrazine groups is 1. The van der Waals surface area contributed by atoms with Gasteiger partial charge in [0.05, 0.1) is 0 Å². The van der Waals surface area contributed by atoms with E-state index >= 15 is 0 Å². The smallest absolute Gasteiger partial charge is 0.0130 e. The summed E-state index contributed by atoms with van der Waals surface area (Å²) in [6.07, 6.45) is 10.8. The number of nitrogens with zero attached hydrogens (tertiary/aromatic N) is 1. The summed E-state index contributed by atoms with van der Waals surface area (Å²) in [7, 11) is 2.08. The molecule has 13 heavy (non-hydrogen) atoms. The van der Waals surface area contributed by atoms with Gasteiger partial charge in [-0.15, -0.1) is 0 Å². The van der Waals surface area contributed by atoms with Crippen molar-refractivity contribution in [3.05, 3.63) is 24.3 Å². The van der Waals surface area contributed by atoms with E-state index in [4.69, 9.17) is 0 Å². The van der Waals surface area contributed by atoms with Gasteiger partial charge in [-0.25, -0.2) is 5.01 Å². The number of nitrogens with one attached hydrogen (secondary N) is 1. The van der Waals surface area contributed by atoms with Gasteiger partial charge in [-0.3, -0.25) is 5.43 Å². The maximum atomic E-state index is 3.24. The van der Waals surface area contributed by atoms with E-state index in [1.165, 1.54) is 6.42 Å². The van der Waals surface area contributed by atoms with Crippen LogP contribution in [0.4, 0.5) is 0 Å². The zero-order valence-corrected chi connectivity index (χ0v) is 9.09. The van der Waals surface area contributed by atoms with Crippen molar-refractivity contribution in [1.82, 2.24) is 10.4 Å². The van der Waals surface area contributed by atoms with E-state index in [0.717, 1.165) is 19.5 Å². The highest BCUT2D eigenvalue weighted by Crippen LogP contribution is 1.92. The molecule has 0 aromatic rings. The first kappa shape index (κ1) is 12.4. The topological polar surface area (TPSA) is 15.3 Å². The van der Waals surface area contributed by atoms with E-state index in [1.807, 2.05) is 13.0 Å². The molecule has 76 valence electrons. The van der Waals surface area contributed by atoms with Crippen LogP contribution in [-0.2, 0) is 0 Å². The maximum absolute atomic E-state index is 3.24. The Kier molecular flexibility index (Phi) is 9.05. The summed E-state index contributed by atoms with van der Waals surface area (Å²) >= 11 is 0. The molecule has 0 aliphatic carbocycles. The second-order valence-electron chi connectivity index (χ2n) is 3.03. The van der Waals surface area contributed by atoms with Crippen LogP contribution in [0.1, 0.15) is 26.7 Å². The van der Waals surface area contributed by atoms with E-state index in [1.54, 1.807) is 0 Å². The minimum absolute atomic E-state index is 1.00. The Hall–Kier alpha value is -0.600. The molecule has 1 N–H and O–H groups in total. The number of hydrogen-bond acceptors (Lipinski definition) is 2. The molecule has 0 atom stereocenters. The van der Waals surface area contributed by atoms with Crippen LogP contribution in [0.15, 0.2) is 24.3 Å². The summed E-state index contributed by atoms with van der Waals surface area (Å²) in [5.74, 6) is 0. The molecule has 0 radical (unpaired) electrons. The van der Waals surface area contributed by atoms with Crippen LogP contribution in [0.25, 0.3) is 0 Å². The second kappa shape index (κ2) is 9.49. The molecule has 2 nitrogen and oxygen atoms in total. The molecule has 0 aliphatic heterocycles. The first-order chi connectivity index (χ1) is 6.31. The number of unbranched alkanes of at least 4 members (excludes halogenated alkanes) is 1. The average molecular weight is 182 g/mol. The highest BCUT2D eigenvalue weighted by Gasteiger charge is 1.92. The molecule has 0 aromatic heterocycles. The Morgan fingerprint density at radius 2 is 2.08 bits per heavy atom. The highest BCUT2D eigenvalue weighted by atomic mass is 15.5. The van der Waals surface area contributed by atoms with Gasteiger partial charge in [0.15, 0.2) is 0 Å². The minimum atomic E-state index is 1.00. The molecule has 0 bridgehead atoms. The number of rotatable bonds is 7. The van der Waals surface area contributed by atoms with Crippen molar-refractivity contribution in [2.45, 2.75) is 26.7 Å². The molecule has 0 saturated heterocycles. The van der Waals surface area contributed by atoms with Crippen molar-refractivity contribution < 1.29 is 0 Å². The van der Waals surface area contributed by atoms with Crippen LogP contribution >= 0.6 is 0 Å². The predicted molar refractivity (Wildman–Crippen MR) is 59.5 cm³/mol. The molecule has 0 spiro atoms. The van der Waals surface area contributed by atoms with Gasteiger partial charge in [0.1, 0.15) is 0 Å². The standard InChI is InChI=1S/C11H22N2/c1-4-6-7-8-9-10-11-13(3)12-5-2/h4,6-8,12H,5,9-11H2,1-3H3. The quantitative estimate of drug-likeness (QED) is 0.369. The van der Waals surface area contributed by atoms with Crippen LogP contribution < -0.4 is 5.43 Å². The fourth-order valence-electron chi connectivity index (χ4n) is 1.08.